The van der Waals surface area contributed by atoms with E-state index in [9.17, 15) is 9.59 Å². The number of carbonyl (C=O) groups excluding carboxylic acids is 2. The monoisotopic (exact) mass is 326 g/mol. The van der Waals surface area contributed by atoms with Gasteiger partial charge in [-0.15, -0.1) is 0 Å². The van der Waals surface area contributed by atoms with E-state index in [1.807, 2.05) is 30.3 Å². The summed E-state index contributed by atoms with van der Waals surface area (Å²) in [6.07, 6.45) is 0. The molecule has 2 N–H and O–H groups in total. The van der Waals surface area contributed by atoms with Gasteiger partial charge in [0.15, 0.2) is 12.4 Å². The van der Waals surface area contributed by atoms with Crippen LogP contribution in [0, 0.1) is 6.92 Å². The molecule has 3 aromatic rings. The molecule has 8 heteroatoms. The molecule has 0 atom stereocenters. The molecule has 0 saturated carbocycles. The van der Waals surface area contributed by atoms with Gasteiger partial charge in [0.25, 0.3) is 5.91 Å². The number of ether oxygens (including phenoxy) is 1. The van der Waals surface area contributed by atoms with Crippen LogP contribution in [0.15, 0.2) is 47.0 Å². The molecule has 0 fully saturated rings. The number of aromatic nitrogens is 3. The molecule has 122 valence electrons. The third-order valence-corrected chi connectivity index (χ3v) is 3.10. The lowest BCUT2D eigenvalue weighted by Crippen LogP contribution is -2.21. The molecule has 2 heterocycles. The summed E-state index contributed by atoms with van der Waals surface area (Å²) in [5, 5.41) is 12.7. The van der Waals surface area contributed by atoms with Gasteiger partial charge in [0, 0.05) is 11.6 Å². The maximum absolute atomic E-state index is 11.9. The lowest BCUT2D eigenvalue weighted by Gasteiger charge is -2.02. The van der Waals surface area contributed by atoms with Crippen molar-refractivity contribution in [1.29, 1.82) is 0 Å². The lowest BCUT2D eigenvalue weighted by atomic mass is 10.1. The van der Waals surface area contributed by atoms with Crippen LogP contribution < -0.4 is 5.32 Å². The number of esters is 1. The predicted molar refractivity (Wildman–Crippen MR) is 84.2 cm³/mol. The van der Waals surface area contributed by atoms with E-state index in [0.29, 0.717) is 11.5 Å². The Kier molecular flexibility index (Phi) is 4.37. The SMILES string of the molecule is Cc1cc(NC(=O)COC(=O)c2cc(-c3ccccc3)n[nH]2)no1. The summed E-state index contributed by atoms with van der Waals surface area (Å²) < 4.78 is 9.76. The molecule has 0 unspecified atom stereocenters. The molecule has 2 aromatic heterocycles. The van der Waals surface area contributed by atoms with Crippen molar-refractivity contribution in [2.45, 2.75) is 6.92 Å². The van der Waals surface area contributed by atoms with E-state index in [0.717, 1.165) is 5.56 Å². The van der Waals surface area contributed by atoms with Crippen LogP contribution in [0.3, 0.4) is 0 Å². The minimum atomic E-state index is -0.670. The minimum Gasteiger partial charge on any atom is -0.451 e. The summed E-state index contributed by atoms with van der Waals surface area (Å²) in [5.74, 6) is -0.356. The Hall–Kier alpha value is -3.42. The number of amides is 1. The fourth-order valence-electron chi connectivity index (χ4n) is 2.00. The quantitative estimate of drug-likeness (QED) is 0.695. The number of aryl methyl sites for hydroxylation is 1. The fraction of sp³-hybridized carbons (Fsp3) is 0.125. The van der Waals surface area contributed by atoms with Gasteiger partial charge in [0.05, 0.1) is 5.69 Å². The second-order valence-corrected chi connectivity index (χ2v) is 4.98. The maximum atomic E-state index is 11.9. The number of aromatic amines is 1. The molecule has 0 aliphatic rings. The highest BCUT2D eigenvalue weighted by molar-refractivity contribution is 5.94. The molecule has 0 radical (unpaired) electrons. The van der Waals surface area contributed by atoms with Crippen molar-refractivity contribution in [1.82, 2.24) is 15.4 Å². The number of benzene rings is 1. The summed E-state index contributed by atoms with van der Waals surface area (Å²) in [5.41, 5.74) is 1.65. The molecule has 24 heavy (non-hydrogen) atoms. The van der Waals surface area contributed by atoms with Crippen LogP contribution >= 0.6 is 0 Å². The topological polar surface area (TPSA) is 110 Å². The molecule has 0 spiro atoms. The second-order valence-electron chi connectivity index (χ2n) is 4.98. The fourth-order valence-corrected chi connectivity index (χ4v) is 2.00. The van der Waals surface area contributed by atoms with Gasteiger partial charge in [0.1, 0.15) is 11.5 Å². The van der Waals surface area contributed by atoms with Crippen molar-refractivity contribution in [3.05, 3.63) is 53.9 Å². The third-order valence-electron chi connectivity index (χ3n) is 3.10. The zero-order valence-electron chi connectivity index (χ0n) is 12.8. The standard InChI is InChI=1S/C16H14N4O4/c1-10-7-14(20-24-10)17-15(21)9-23-16(22)13-8-12(18-19-13)11-5-3-2-4-6-11/h2-8H,9H2,1H3,(H,18,19)(H,17,20,21). The molecule has 0 bridgehead atoms. The Morgan fingerprint density at radius 2 is 2.04 bits per heavy atom. The summed E-state index contributed by atoms with van der Waals surface area (Å²) in [7, 11) is 0. The molecule has 1 aromatic carbocycles. The van der Waals surface area contributed by atoms with Crippen molar-refractivity contribution in [3.63, 3.8) is 0 Å². The van der Waals surface area contributed by atoms with E-state index >= 15 is 0 Å². The number of H-pyrrole nitrogens is 1. The Morgan fingerprint density at radius 3 is 2.75 bits per heavy atom. The van der Waals surface area contributed by atoms with Crippen LogP contribution in [0.5, 0.6) is 0 Å². The second kappa shape index (κ2) is 6.78. The first kappa shape index (κ1) is 15.5. The molecular weight excluding hydrogens is 312 g/mol. The number of carbonyl (C=O) groups is 2. The Balaban J connectivity index is 1.55. The van der Waals surface area contributed by atoms with Crippen LogP contribution in [0.25, 0.3) is 11.3 Å². The summed E-state index contributed by atoms with van der Waals surface area (Å²) >= 11 is 0. The normalized spacial score (nSPS) is 10.4. The summed E-state index contributed by atoms with van der Waals surface area (Å²) in [4.78, 5) is 23.6. The Morgan fingerprint density at radius 1 is 1.25 bits per heavy atom. The van der Waals surface area contributed by atoms with Crippen molar-refractivity contribution in [2.75, 3.05) is 11.9 Å². The zero-order valence-corrected chi connectivity index (χ0v) is 12.8. The molecule has 3 rings (SSSR count). The van der Waals surface area contributed by atoms with Crippen LogP contribution in [0.4, 0.5) is 5.82 Å². The minimum absolute atomic E-state index is 0.166. The first-order chi connectivity index (χ1) is 11.6. The van der Waals surface area contributed by atoms with Gasteiger partial charge < -0.3 is 14.6 Å². The van der Waals surface area contributed by atoms with Gasteiger partial charge in [0.2, 0.25) is 0 Å². The van der Waals surface area contributed by atoms with E-state index < -0.39 is 18.5 Å². The van der Waals surface area contributed by atoms with E-state index in [-0.39, 0.29) is 11.5 Å². The number of anilines is 1. The average molecular weight is 326 g/mol. The van der Waals surface area contributed by atoms with Gasteiger partial charge in [-0.2, -0.15) is 5.10 Å². The summed E-state index contributed by atoms with van der Waals surface area (Å²) in [6.45, 7) is 1.26. The van der Waals surface area contributed by atoms with E-state index in [1.54, 1.807) is 19.1 Å². The predicted octanol–water partition coefficient (Wildman–Crippen LogP) is 2.17. The van der Waals surface area contributed by atoms with Crippen molar-refractivity contribution in [3.8, 4) is 11.3 Å². The van der Waals surface area contributed by atoms with Gasteiger partial charge in [-0.25, -0.2) is 4.79 Å². The van der Waals surface area contributed by atoms with Crippen LogP contribution in [-0.2, 0) is 9.53 Å². The molecule has 0 aliphatic heterocycles. The maximum Gasteiger partial charge on any atom is 0.356 e. The highest BCUT2D eigenvalue weighted by atomic mass is 16.5. The largest absolute Gasteiger partial charge is 0.451 e. The average Bonchev–Trinajstić information content (AvgIpc) is 3.23. The van der Waals surface area contributed by atoms with Crippen LogP contribution in [0.1, 0.15) is 16.2 Å². The van der Waals surface area contributed by atoms with E-state index in [4.69, 9.17) is 9.26 Å². The van der Waals surface area contributed by atoms with E-state index in [1.165, 1.54) is 0 Å². The van der Waals surface area contributed by atoms with Gasteiger partial charge in [-0.1, -0.05) is 35.5 Å². The Labute approximate surface area is 136 Å². The van der Waals surface area contributed by atoms with Crippen LogP contribution in [-0.4, -0.2) is 33.8 Å². The van der Waals surface area contributed by atoms with Gasteiger partial charge in [-0.05, 0) is 13.0 Å². The first-order valence-corrected chi connectivity index (χ1v) is 7.13. The molecule has 1 amide bonds. The van der Waals surface area contributed by atoms with Crippen LogP contribution in [0.2, 0.25) is 0 Å². The molecule has 8 nitrogen and oxygen atoms in total. The summed E-state index contributed by atoms with van der Waals surface area (Å²) in [6, 6.07) is 12.5. The molecular formula is C16H14N4O4. The van der Waals surface area contributed by atoms with Crippen molar-refractivity contribution < 1.29 is 18.8 Å². The number of hydrogen-bond donors (Lipinski definition) is 2. The molecule has 0 aliphatic carbocycles. The van der Waals surface area contributed by atoms with Gasteiger partial charge >= 0.3 is 5.97 Å². The smallest absolute Gasteiger partial charge is 0.356 e. The number of nitrogens with one attached hydrogen (secondary N) is 2. The Bertz CT molecular complexity index is 854. The number of rotatable bonds is 5. The molecule has 0 saturated heterocycles. The van der Waals surface area contributed by atoms with Crippen molar-refractivity contribution in [2.24, 2.45) is 0 Å². The van der Waals surface area contributed by atoms with Gasteiger partial charge in [-0.3, -0.25) is 9.89 Å². The lowest BCUT2D eigenvalue weighted by molar-refractivity contribution is -0.119. The first-order valence-electron chi connectivity index (χ1n) is 7.13. The number of hydrogen-bond acceptors (Lipinski definition) is 6. The van der Waals surface area contributed by atoms with Crippen molar-refractivity contribution >= 4 is 17.7 Å². The highest BCUT2D eigenvalue weighted by Crippen LogP contribution is 2.17. The highest BCUT2D eigenvalue weighted by Gasteiger charge is 2.14. The van der Waals surface area contributed by atoms with E-state index in [2.05, 4.69) is 20.7 Å². The third kappa shape index (κ3) is 3.67. The number of nitrogens with zero attached hydrogens (tertiary/aromatic N) is 2. The zero-order chi connectivity index (χ0) is 16.9.